The number of carboxylic acids is 1. The fourth-order valence-electron chi connectivity index (χ4n) is 10.7. The Balaban J connectivity index is 4.05. The number of unbranched alkanes of at least 4 members (excludes halogenated alkanes) is 46. The predicted molar refractivity (Wildman–Crippen MR) is 351 cm³/mol. The molecule has 0 aliphatic carbocycles. The number of esters is 2. The molecule has 2 atom stereocenters. The van der Waals surface area contributed by atoms with Crippen molar-refractivity contribution in [2.75, 3.05) is 47.5 Å². The van der Waals surface area contributed by atoms with E-state index in [9.17, 15) is 19.5 Å². The number of carboxylic acid groups (broad SMARTS) is 1. The van der Waals surface area contributed by atoms with Crippen LogP contribution >= 0.6 is 0 Å². The number of hydrogen-bond donors (Lipinski definition) is 1. The summed E-state index contributed by atoms with van der Waals surface area (Å²) in [6, 6.07) is 0. The van der Waals surface area contributed by atoms with Gasteiger partial charge in [0.05, 0.1) is 34.4 Å². The second-order valence-electron chi connectivity index (χ2n) is 25.6. The maximum Gasteiger partial charge on any atom is 0.361 e. The molecule has 0 saturated heterocycles. The number of likely N-dealkylation sites (N-methyl/N-ethyl adjacent to an activating group) is 1. The Labute approximate surface area is 509 Å². The number of carbonyl (C=O) groups excluding carboxylic acids is 2. The van der Waals surface area contributed by atoms with Crippen molar-refractivity contribution in [1.29, 1.82) is 0 Å². The van der Waals surface area contributed by atoms with Gasteiger partial charge in [-0.3, -0.25) is 9.59 Å². The molecule has 0 spiro atoms. The van der Waals surface area contributed by atoms with E-state index in [4.69, 9.17) is 18.9 Å². The Kier molecular flexibility index (Phi) is 62.5. The van der Waals surface area contributed by atoms with Gasteiger partial charge in [0.2, 0.25) is 0 Å². The summed E-state index contributed by atoms with van der Waals surface area (Å²) in [6.45, 7) is 4.94. The van der Waals surface area contributed by atoms with E-state index in [1.54, 1.807) is 0 Å². The van der Waals surface area contributed by atoms with Gasteiger partial charge in [0.15, 0.2) is 6.10 Å². The Hall–Kier alpha value is -2.49. The first-order valence-electron chi connectivity index (χ1n) is 35.7. The standard InChI is InChI=1S/C73H137NO8/c1-6-8-10-12-14-16-18-20-22-24-26-28-30-32-33-34-35-36-37-38-39-40-42-44-46-48-50-52-54-56-58-60-62-64-71(76)82-69(68-81-73(72(77)78)79-66-65-74(3,4)5)67-80-70(75)63-61-59-57-55-53-51-49-47-45-43-41-31-29-27-25-23-21-19-17-15-13-11-9-7-2/h18,20,24,26,30,32,69,73H,6-17,19,21-23,25,27-29,31,33-68H2,1-5H3/p+1/b20-18-,26-24-,32-30-. The minimum Gasteiger partial charge on any atom is -0.477 e. The van der Waals surface area contributed by atoms with E-state index < -0.39 is 18.4 Å². The first kappa shape index (κ1) is 79.5. The van der Waals surface area contributed by atoms with Crippen molar-refractivity contribution in [3.63, 3.8) is 0 Å². The molecule has 0 heterocycles. The Morgan fingerprint density at radius 3 is 0.976 bits per heavy atom. The summed E-state index contributed by atoms with van der Waals surface area (Å²) in [5.41, 5.74) is 0. The summed E-state index contributed by atoms with van der Waals surface area (Å²) in [7, 11) is 5.99. The van der Waals surface area contributed by atoms with Crippen LogP contribution in [0.1, 0.15) is 354 Å². The van der Waals surface area contributed by atoms with E-state index >= 15 is 0 Å². The zero-order valence-electron chi connectivity index (χ0n) is 55.2. The molecule has 0 radical (unpaired) electrons. The fraction of sp³-hybridized carbons (Fsp3) is 0.877. The molecule has 0 amide bonds. The van der Waals surface area contributed by atoms with Crippen LogP contribution in [0, 0.1) is 0 Å². The molecule has 0 aliphatic heterocycles. The van der Waals surface area contributed by atoms with Crippen LogP contribution < -0.4 is 0 Å². The van der Waals surface area contributed by atoms with Crippen LogP contribution in [0.4, 0.5) is 0 Å². The maximum atomic E-state index is 12.9. The maximum absolute atomic E-state index is 12.9. The number of rotatable bonds is 67. The number of carbonyl (C=O) groups is 3. The van der Waals surface area contributed by atoms with Crippen LogP contribution in [0.15, 0.2) is 36.5 Å². The zero-order chi connectivity index (χ0) is 59.8. The molecule has 0 aromatic rings. The molecule has 82 heavy (non-hydrogen) atoms. The topological polar surface area (TPSA) is 108 Å². The molecule has 0 aliphatic rings. The highest BCUT2D eigenvalue weighted by Crippen LogP contribution is 2.19. The van der Waals surface area contributed by atoms with Gasteiger partial charge in [-0.15, -0.1) is 0 Å². The molecule has 0 aromatic carbocycles. The molecule has 0 saturated carbocycles. The van der Waals surface area contributed by atoms with Crippen molar-refractivity contribution >= 4 is 17.9 Å². The molecule has 9 nitrogen and oxygen atoms in total. The third kappa shape index (κ3) is 65.1. The van der Waals surface area contributed by atoms with Crippen molar-refractivity contribution in [3.8, 4) is 0 Å². The van der Waals surface area contributed by atoms with Crippen molar-refractivity contribution in [3.05, 3.63) is 36.5 Å². The summed E-state index contributed by atoms with van der Waals surface area (Å²) in [4.78, 5) is 37.6. The highest BCUT2D eigenvalue weighted by atomic mass is 16.7. The lowest BCUT2D eigenvalue weighted by atomic mass is 10.0. The Morgan fingerprint density at radius 2 is 0.659 bits per heavy atom. The molecular formula is C73H138NO8+. The Morgan fingerprint density at radius 1 is 0.366 bits per heavy atom. The summed E-state index contributed by atoms with van der Waals surface area (Å²) in [5.74, 6) is -1.98. The van der Waals surface area contributed by atoms with Gasteiger partial charge >= 0.3 is 17.9 Å². The minimum atomic E-state index is -1.51. The smallest absolute Gasteiger partial charge is 0.361 e. The molecule has 482 valence electrons. The van der Waals surface area contributed by atoms with Crippen LogP contribution in [-0.4, -0.2) is 87.4 Å². The quantitative estimate of drug-likeness (QED) is 0.0211. The van der Waals surface area contributed by atoms with Crippen LogP contribution in [0.25, 0.3) is 0 Å². The second-order valence-corrected chi connectivity index (χ2v) is 25.6. The van der Waals surface area contributed by atoms with E-state index in [1.165, 1.54) is 276 Å². The number of allylic oxidation sites excluding steroid dienone is 6. The molecular weight excluding hydrogens is 1020 g/mol. The van der Waals surface area contributed by atoms with E-state index in [0.717, 1.165) is 51.4 Å². The third-order valence-corrected chi connectivity index (χ3v) is 16.1. The average molecular weight is 1160 g/mol. The van der Waals surface area contributed by atoms with Crippen molar-refractivity contribution in [2.24, 2.45) is 0 Å². The van der Waals surface area contributed by atoms with E-state index in [2.05, 4.69) is 50.3 Å². The third-order valence-electron chi connectivity index (χ3n) is 16.1. The van der Waals surface area contributed by atoms with Gasteiger partial charge in [-0.25, -0.2) is 4.79 Å². The molecule has 2 unspecified atom stereocenters. The lowest BCUT2D eigenvalue weighted by Gasteiger charge is -2.25. The number of quaternary nitrogens is 1. The van der Waals surface area contributed by atoms with Gasteiger partial charge in [0.25, 0.3) is 6.29 Å². The van der Waals surface area contributed by atoms with Gasteiger partial charge in [0, 0.05) is 12.8 Å². The van der Waals surface area contributed by atoms with Gasteiger partial charge in [-0.1, -0.05) is 326 Å². The van der Waals surface area contributed by atoms with Crippen molar-refractivity contribution in [2.45, 2.75) is 367 Å². The number of aliphatic carboxylic acids is 1. The average Bonchev–Trinajstić information content (AvgIpc) is 3.45. The van der Waals surface area contributed by atoms with Crippen LogP contribution in [-0.2, 0) is 33.3 Å². The lowest BCUT2D eigenvalue weighted by molar-refractivity contribution is -0.870. The van der Waals surface area contributed by atoms with Gasteiger partial charge in [-0.05, 0) is 51.4 Å². The highest BCUT2D eigenvalue weighted by Gasteiger charge is 2.25. The lowest BCUT2D eigenvalue weighted by Crippen LogP contribution is -2.40. The first-order chi connectivity index (χ1) is 40.1. The summed E-state index contributed by atoms with van der Waals surface area (Å²) in [6.07, 6.45) is 78.3. The normalized spacial score (nSPS) is 12.8. The molecule has 9 heteroatoms. The molecule has 0 fully saturated rings. The van der Waals surface area contributed by atoms with E-state index in [0.29, 0.717) is 17.4 Å². The molecule has 0 bridgehead atoms. The largest absolute Gasteiger partial charge is 0.477 e. The SMILES string of the molecule is CCCCCCC/C=C\C/C=C\C/C=C\CCCCCCCCCCCCCCCCCCCCC(=O)OC(COC(=O)CCCCCCCCCCCCCCCCCCCCCCCCCC)COC(OCC[N+](C)(C)C)C(=O)O. The van der Waals surface area contributed by atoms with Crippen LogP contribution in [0.3, 0.4) is 0 Å². The van der Waals surface area contributed by atoms with Gasteiger partial charge in [0.1, 0.15) is 13.2 Å². The Bertz CT molecular complexity index is 1440. The monoisotopic (exact) mass is 1160 g/mol. The predicted octanol–water partition coefficient (Wildman–Crippen LogP) is 22.0. The number of ether oxygens (including phenoxy) is 4. The molecule has 0 rings (SSSR count). The fourth-order valence-corrected chi connectivity index (χ4v) is 10.7. The zero-order valence-corrected chi connectivity index (χ0v) is 55.2. The molecule has 0 aromatic heterocycles. The number of nitrogens with zero attached hydrogens (tertiary/aromatic N) is 1. The second kappa shape index (κ2) is 64.5. The minimum absolute atomic E-state index is 0.176. The summed E-state index contributed by atoms with van der Waals surface area (Å²) < 4.78 is 23.0. The van der Waals surface area contributed by atoms with E-state index in [-0.39, 0.29) is 38.2 Å². The highest BCUT2D eigenvalue weighted by molar-refractivity contribution is 5.71. The van der Waals surface area contributed by atoms with Crippen LogP contribution in [0.2, 0.25) is 0 Å². The van der Waals surface area contributed by atoms with Crippen LogP contribution in [0.5, 0.6) is 0 Å². The molecule has 1 N–H and O–H groups in total. The van der Waals surface area contributed by atoms with Gasteiger partial charge in [-0.2, -0.15) is 0 Å². The summed E-state index contributed by atoms with van der Waals surface area (Å²) in [5, 5.41) is 9.75. The number of hydrogen-bond acceptors (Lipinski definition) is 7. The van der Waals surface area contributed by atoms with Crippen molar-refractivity contribution in [1.82, 2.24) is 0 Å². The van der Waals surface area contributed by atoms with E-state index in [1.807, 2.05) is 21.1 Å². The first-order valence-corrected chi connectivity index (χ1v) is 35.7. The summed E-state index contributed by atoms with van der Waals surface area (Å²) >= 11 is 0. The van der Waals surface area contributed by atoms with Gasteiger partial charge < -0.3 is 28.5 Å². The van der Waals surface area contributed by atoms with Crippen molar-refractivity contribution < 1.29 is 42.9 Å².